The van der Waals surface area contributed by atoms with E-state index in [1.54, 1.807) is 24.3 Å². The van der Waals surface area contributed by atoms with Gasteiger partial charge in [-0.1, -0.05) is 25.5 Å². The van der Waals surface area contributed by atoms with E-state index in [1.807, 2.05) is 6.92 Å². The Morgan fingerprint density at radius 3 is 2.74 bits per heavy atom. The van der Waals surface area contributed by atoms with Gasteiger partial charge in [0.15, 0.2) is 6.61 Å². The van der Waals surface area contributed by atoms with Crippen LogP contribution >= 0.6 is 0 Å². The molecule has 19 heavy (non-hydrogen) atoms. The molecule has 0 aliphatic rings. The first kappa shape index (κ1) is 14.9. The van der Waals surface area contributed by atoms with Gasteiger partial charge in [-0.15, -0.1) is 0 Å². The van der Waals surface area contributed by atoms with Crippen molar-refractivity contribution in [2.45, 2.75) is 19.8 Å². The Labute approximate surface area is 111 Å². The summed E-state index contributed by atoms with van der Waals surface area (Å²) in [6, 6.07) is 6.71. The molecule has 104 valence electrons. The first-order valence-corrected chi connectivity index (χ1v) is 6.16. The van der Waals surface area contributed by atoms with E-state index in [1.165, 1.54) is 0 Å². The van der Waals surface area contributed by atoms with Crippen molar-refractivity contribution in [1.82, 2.24) is 0 Å². The predicted molar refractivity (Wildman–Crippen MR) is 69.0 cm³/mol. The van der Waals surface area contributed by atoms with Crippen LogP contribution in [0, 0.1) is 10.1 Å². The summed E-state index contributed by atoms with van der Waals surface area (Å²) in [6.07, 6.45) is 1.89. The van der Waals surface area contributed by atoms with E-state index in [2.05, 4.69) is 0 Å². The Hall–Kier alpha value is -2.11. The Morgan fingerprint density at radius 2 is 2.05 bits per heavy atom. The molecule has 0 unspecified atom stereocenters. The Bertz CT molecular complexity index is 433. The van der Waals surface area contributed by atoms with Gasteiger partial charge in [0.05, 0.1) is 6.61 Å². The molecule has 6 heteroatoms. The first-order chi connectivity index (χ1) is 9.15. The number of hydrogen-bond donors (Lipinski definition) is 0. The lowest BCUT2D eigenvalue weighted by Crippen LogP contribution is -2.14. The molecule has 0 N–H and O–H groups in total. The van der Waals surface area contributed by atoms with E-state index < -0.39 is 17.4 Å². The molecular formula is C13H17NO5. The van der Waals surface area contributed by atoms with E-state index >= 15 is 0 Å². The molecule has 1 aromatic rings. The summed E-state index contributed by atoms with van der Waals surface area (Å²) in [5.41, 5.74) is 0.293. The molecule has 0 atom stereocenters. The molecule has 0 radical (unpaired) electrons. The van der Waals surface area contributed by atoms with Gasteiger partial charge in [-0.05, 0) is 18.6 Å². The lowest BCUT2D eigenvalue weighted by atomic mass is 10.2. The lowest BCUT2D eigenvalue weighted by Gasteiger charge is -2.10. The third-order valence-electron chi connectivity index (χ3n) is 2.37. The maximum atomic E-state index is 11.8. The number of nitrogens with zero attached hydrogens (tertiary/aromatic N) is 1. The molecule has 1 rings (SSSR count). The van der Waals surface area contributed by atoms with Crippen LogP contribution in [-0.2, 0) is 4.74 Å². The van der Waals surface area contributed by atoms with Gasteiger partial charge < -0.3 is 9.47 Å². The zero-order valence-corrected chi connectivity index (χ0v) is 10.8. The van der Waals surface area contributed by atoms with Crippen molar-refractivity contribution >= 4 is 5.97 Å². The predicted octanol–water partition coefficient (Wildman–Crippen LogP) is 2.30. The van der Waals surface area contributed by atoms with Crippen molar-refractivity contribution in [1.29, 1.82) is 0 Å². The molecule has 0 heterocycles. The van der Waals surface area contributed by atoms with Crippen LogP contribution in [0.15, 0.2) is 24.3 Å². The molecule has 0 aliphatic heterocycles. The average molecular weight is 267 g/mol. The molecule has 0 saturated heterocycles. The Morgan fingerprint density at radius 1 is 1.32 bits per heavy atom. The molecule has 0 saturated carbocycles. The number of hydrogen-bond acceptors (Lipinski definition) is 5. The van der Waals surface area contributed by atoms with Crippen LogP contribution in [0.25, 0.3) is 0 Å². The molecule has 0 spiro atoms. The first-order valence-electron chi connectivity index (χ1n) is 6.16. The minimum absolute atomic E-state index is 0.241. The molecule has 0 aliphatic carbocycles. The van der Waals surface area contributed by atoms with Gasteiger partial charge in [0.2, 0.25) is 6.54 Å². The van der Waals surface area contributed by atoms with E-state index in [0.29, 0.717) is 17.9 Å². The van der Waals surface area contributed by atoms with Gasteiger partial charge in [-0.3, -0.25) is 10.1 Å². The molecule has 0 amide bonds. The maximum absolute atomic E-state index is 11.8. The largest absolute Gasteiger partial charge is 0.493 e. The fraction of sp³-hybridized carbons (Fsp3) is 0.462. The van der Waals surface area contributed by atoms with Gasteiger partial charge in [-0.25, -0.2) is 4.79 Å². The summed E-state index contributed by atoms with van der Waals surface area (Å²) in [4.78, 5) is 21.4. The number of esters is 1. The summed E-state index contributed by atoms with van der Waals surface area (Å²) in [7, 11) is 0. The van der Waals surface area contributed by atoms with Crippen molar-refractivity contribution in [3.05, 3.63) is 39.9 Å². The highest BCUT2D eigenvalue weighted by Crippen LogP contribution is 2.19. The third kappa shape index (κ3) is 5.37. The number of unbranched alkanes of at least 4 members (excludes halogenated alkanes) is 1. The van der Waals surface area contributed by atoms with Crippen LogP contribution in [0.2, 0.25) is 0 Å². The van der Waals surface area contributed by atoms with Gasteiger partial charge in [0, 0.05) is 4.92 Å². The number of ether oxygens (including phenoxy) is 2. The molecule has 1 aromatic carbocycles. The quantitative estimate of drug-likeness (QED) is 0.312. The minimum Gasteiger partial charge on any atom is -0.493 e. The number of benzene rings is 1. The lowest BCUT2D eigenvalue weighted by molar-refractivity contribution is -0.482. The van der Waals surface area contributed by atoms with Gasteiger partial charge >= 0.3 is 5.97 Å². The second-order valence-electron chi connectivity index (χ2n) is 3.89. The molecule has 0 aromatic heterocycles. The average Bonchev–Trinajstić information content (AvgIpc) is 2.39. The van der Waals surface area contributed by atoms with Gasteiger partial charge in [0.1, 0.15) is 11.3 Å². The number of nitro groups is 1. The topological polar surface area (TPSA) is 78.7 Å². The Kier molecular flexibility index (Phi) is 6.35. The standard InChI is InChI=1S/C13H17NO5/c1-2-3-9-18-12-7-5-4-6-11(12)13(15)19-10-8-14(16)17/h4-7H,2-3,8-10H2,1H3. The number of carbonyl (C=O) groups excluding carboxylic acids is 1. The zero-order valence-electron chi connectivity index (χ0n) is 10.8. The summed E-state index contributed by atoms with van der Waals surface area (Å²) < 4.78 is 10.3. The zero-order chi connectivity index (χ0) is 14.1. The van der Waals surface area contributed by atoms with Crippen molar-refractivity contribution in [3.8, 4) is 5.75 Å². The third-order valence-corrected chi connectivity index (χ3v) is 2.37. The van der Waals surface area contributed by atoms with Crippen LogP contribution < -0.4 is 4.74 Å². The van der Waals surface area contributed by atoms with Crippen molar-refractivity contribution in [3.63, 3.8) is 0 Å². The fourth-order valence-corrected chi connectivity index (χ4v) is 1.38. The molecule has 6 nitrogen and oxygen atoms in total. The van der Waals surface area contributed by atoms with Crippen LogP contribution in [0.4, 0.5) is 0 Å². The van der Waals surface area contributed by atoms with Crippen LogP contribution in [0.3, 0.4) is 0 Å². The summed E-state index contributed by atoms with van der Waals surface area (Å²) in [6.45, 7) is 1.93. The Balaban J connectivity index is 2.59. The molecule has 0 fully saturated rings. The SMILES string of the molecule is CCCCOc1ccccc1C(=O)OCC[N+](=O)[O-]. The highest BCUT2D eigenvalue weighted by molar-refractivity contribution is 5.92. The van der Waals surface area contributed by atoms with E-state index in [4.69, 9.17) is 9.47 Å². The highest BCUT2D eigenvalue weighted by atomic mass is 16.6. The van der Waals surface area contributed by atoms with Crippen molar-refractivity contribution in [2.75, 3.05) is 19.8 Å². The summed E-state index contributed by atoms with van der Waals surface area (Å²) >= 11 is 0. The molecular weight excluding hydrogens is 250 g/mol. The second kappa shape index (κ2) is 8.07. The highest BCUT2D eigenvalue weighted by Gasteiger charge is 2.14. The van der Waals surface area contributed by atoms with Crippen molar-refractivity contribution in [2.24, 2.45) is 0 Å². The minimum atomic E-state index is -0.603. The number of para-hydroxylation sites is 1. The smallest absolute Gasteiger partial charge is 0.342 e. The van der Waals surface area contributed by atoms with Crippen molar-refractivity contribution < 1.29 is 19.2 Å². The van der Waals surface area contributed by atoms with Gasteiger partial charge in [0.25, 0.3) is 0 Å². The van der Waals surface area contributed by atoms with Crippen LogP contribution in [-0.4, -0.2) is 30.7 Å². The summed E-state index contributed by atoms with van der Waals surface area (Å²) in [5, 5.41) is 10.1. The maximum Gasteiger partial charge on any atom is 0.342 e. The molecule has 0 bridgehead atoms. The normalized spacial score (nSPS) is 9.95. The second-order valence-corrected chi connectivity index (χ2v) is 3.89. The van der Waals surface area contributed by atoms with Crippen LogP contribution in [0.1, 0.15) is 30.1 Å². The van der Waals surface area contributed by atoms with E-state index in [9.17, 15) is 14.9 Å². The number of rotatable bonds is 8. The fourth-order valence-electron chi connectivity index (χ4n) is 1.38. The van der Waals surface area contributed by atoms with E-state index in [-0.39, 0.29) is 6.61 Å². The number of carbonyl (C=O) groups is 1. The monoisotopic (exact) mass is 267 g/mol. The summed E-state index contributed by atoms with van der Waals surface area (Å²) in [5.74, 6) is -0.156. The van der Waals surface area contributed by atoms with Crippen LogP contribution in [0.5, 0.6) is 5.75 Å². The van der Waals surface area contributed by atoms with Gasteiger partial charge in [-0.2, -0.15) is 0 Å². The van der Waals surface area contributed by atoms with E-state index in [0.717, 1.165) is 12.8 Å².